The molecule has 150 valence electrons. The summed E-state index contributed by atoms with van der Waals surface area (Å²) in [7, 11) is 0. The van der Waals surface area contributed by atoms with E-state index >= 15 is 0 Å². The van der Waals surface area contributed by atoms with Gasteiger partial charge in [-0.05, 0) is 61.0 Å². The van der Waals surface area contributed by atoms with Gasteiger partial charge in [-0.25, -0.2) is 0 Å². The van der Waals surface area contributed by atoms with Gasteiger partial charge >= 0.3 is 0 Å². The number of halogens is 1. The Bertz CT molecular complexity index is 982. The largest absolute Gasteiger partial charge is 0.486 e. The Morgan fingerprint density at radius 2 is 1.83 bits per heavy atom. The maximum absolute atomic E-state index is 12.4. The topological polar surface area (TPSA) is 80.6 Å². The van der Waals surface area contributed by atoms with Crippen molar-refractivity contribution in [2.75, 3.05) is 11.9 Å². The van der Waals surface area contributed by atoms with Crippen LogP contribution in [0, 0.1) is 0 Å². The van der Waals surface area contributed by atoms with Crippen LogP contribution in [0.3, 0.4) is 0 Å². The smallest absolute Gasteiger partial charge is 0.291 e. The van der Waals surface area contributed by atoms with Crippen LogP contribution in [0.5, 0.6) is 5.75 Å². The molecule has 0 aliphatic heterocycles. The highest BCUT2D eigenvalue weighted by atomic mass is 79.9. The Kier molecular flexibility index (Phi) is 7.08. The summed E-state index contributed by atoms with van der Waals surface area (Å²) in [5.41, 5.74) is 1.12. The van der Waals surface area contributed by atoms with Crippen LogP contribution in [0.15, 0.2) is 69.6 Å². The fourth-order valence-electron chi connectivity index (χ4n) is 2.53. The average Bonchev–Trinajstić information content (AvgIpc) is 3.20. The van der Waals surface area contributed by atoms with E-state index in [1.807, 2.05) is 31.2 Å². The van der Waals surface area contributed by atoms with Gasteiger partial charge in [0.05, 0.1) is 0 Å². The molecule has 2 aromatic carbocycles. The summed E-state index contributed by atoms with van der Waals surface area (Å²) >= 11 is 3.39. The normalized spacial score (nSPS) is 10.4. The minimum atomic E-state index is -0.373. The Morgan fingerprint density at radius 1 is 1.03 bits per heavy atom. The van der Waals surface area contributed by atoms with Crippen molar-refractivity contribution in [3.63, 3.8) is 0 Å². The van der Waals surface area contributed by atoms with Crippen molar-refractivity contribution in [1.29, 1.82) is 0 Å². The molecule has 0 radical (unpaired) electrons. The number of anilines is 1. The molecule has 0 spiro atoms. The Hall–Kier alpha value is -3.06. The van der Waals surface area contributed by atoms with Gasteiger partial charge in [0.1, 0.15) is 18.1 Å². The van der Waals surface area contributed by atoms with E-state index in [9.17, 15) is 9.59 Å². The number of carbonyl (C=O) groups excluding carboxylic acids is 2. The predicted octanol–water partition coefficient (Wildman–Crippen LogP) is 5.01. The second kappa shape index (κ2) is 9.93. The maximum Gasteiger partial charge on any atom is 0.291 e. The number of rotatable bonds is 8. The lowest BCUT2D eigenvalue weighted by Gasteiger charge is -2.06. The third-order valence-corrected chi connectivity index (χ3v) is 4.50. The number of amides is 2. The molecule has 3 aromatic rings. The Balaban J connectivity index is 1.55. The fourth-order valence-corrected chi connectivity index (χ4v) is 2.91. The standard InChI is InChI=1S/C22H21BrN2O4/c1-2-12-24-21(26)15-6-8-17(9-7-15)25-22(27)20-11-10-19(29-20)14-28-18-5-3-4-16(23)13-18/h3-11,13H,2,12,14H2,1H3,(H,24,26)(H,25,27). The van der Waals surface area contributed by atoms with Crippen LogP contribution < -0.4 is 15.4 Å². The van der Waals surface area contributed by atoms with Gasteiger partial charge in [-0.3, -0.25) is 9.59 Å². The first-order valence-corrected chi connectivity index (χ1v) is 10.0. The van der Waals surface area contributed by atoms with Gasteiger partial charge in [-0.1, -0.05) is 28.9 Å². The van der Waals surface area contributed by atoms with Crippen LogP contribution in [-0.2, 0) is 6.61 Å². The van der Waals surface area contributed by atoms with Crippen molar-refractivity contribution in [3.8, 4) is 5.75 Å². The minimum absolute atomic E-state index is 0.133. The van der Waals surface area contributed by atoms with Gasteiger partial charge in [0.2, 0.25) is 0 Å². The molecule has 0 atom stereocenters. The zero-order valence-corrected chi connectivity index (χ0v) is 17.5. The first-order chi connectivity index (χ1) is 14.0. The number of benzene rings is 2. The molecule has 0 fully saturated rings. The molecular formula is C22H21BrN2O4. The quantitative estimate of drug-likeness (QED) is 0.498. The van der Waals surface area contributed by atoms with E-state index in [0.29, 0.717) is 29.3 Å². The molecule has 3 rings (SSSR count). The summed E-state index contributed by atoms with van der Waals surface area (Å²) in [6, 6.07) is 17.5. The van der Waals surface area contributed by atoms with Crippen LogP contribution >= 0.6 is 15.9 Å². The number of ether oxygens (including phenoxy) is 1. The molecule has 6 nitrogen and oxygen atoms in total. The number of hydrogen-bond donors (Lipinski definition) is 2. The highest BCUT2D eigenvalue weighted by molar-refractivity contribution is 9.10. The van der Waals surface area contributed by atoms with E-state index in [0.717, 1.165) is 10.9 Å². The van der Waals surface area contributed by atoms with Crippen molar-refractivity contribution < 1.29 is 18.7 Å². The molecule has 2 amide bonds. The van der Waals surface area contributed by atoms with E-state index in [1.54, 1.807) is 36.4 Å². The molecule has 2 N–H and O–H groups in total. The summed E-state index contributed by atoms with van der Waals surface area (Å²) in [5.74, 6) is 0.915. The summed E-state index contributed by atoms with van der Waals surface area (Å²) in [6.45, 7) is 2.83. The Labute approximate surface area is 177 Å². The SMILES string of the molecule is CCCNC(=O)c1ccc(NC(=O)c2ccc(COc3cccc(Br)c3)o2)cc1. The monoisotopic (exact) mass is 456 g/mol. The molecule has 1 heterocycles. The number of carbonyl (C=O) groups is 2. The van der Waals surface area contributed by atoms with Gasteiger partial charge in [-0.15, -0.1) is 0 Å². The van der Waals surface area contributed by atoms with Gasteiger partial charge in [0.15, 0.2) is 5.76 Å². The molecule has 0 saturated heterocycles. The van der Waals surface area contributed by atoms with Crippen molar-refractivity contribution in [3.05, 3.63) is 82.2 Å². The van der Waals surface area contributed by atoms with Gasteiger partial charge < -0.3 is 19.8 Å². The number of furan rings is 1. The second-order valence-electron chi connectivity index (χ2n) is 6.30. The van der Waals surface area contributed by atoms with Crippen molar-refractivity contribution >= 4 is 33.4 Å². The lowest BCUT2D eigenvalue weighted by molar-refractivity contribution is 0.0952. The molecule has 0 aliphatic carbocycles. The summed E-state index contributed by atoms with van der Waals surface area (Å²) < 4.78 is 12.1. The van der Waals surface area contributed by atoms with Crippen LogP contribution in [0.2, 0.25) is 0 Å². The highest BCUT2D eigenvalue weighted by Gasteiger charge is 2.13. The van der Waals surface area contributed by atoms with Crippen molar-refractivity contribution in [2.24, 2.45) is 0 Å². The molecule has 1 aromatic heterocycles. The predicted molar refractivity (Wildman–Crippen MR) is 114 cm³/mol. The molecule has 0 bridgehead atoms. The van der Waals surface area contributed by atoms with Gasteiger partial charge in [0, 0.05) is 22.3 Å². The number of nitrogens with one attached hydrogen (secondary N) is 2. The first kappa shape index (κ1) is 20.7. The highest BCUT2D eigenvalue weighted by Crippen LogP contribution is 2.20. The molecule has 7 heteroatoms. The summed E-state index contributed by atoms with van der Waals surface area (Å²) in [5, 5.41) is 5.56. The molecular weight excluding hydrogens is 436 g/mol. The maximum atomic E-state index is 12.4. The van der Waals surface area contributed by atoms with Crippen LogP contribution in [0.1, 0.15) is 40.0 Å². The summed E-state index contributed by atoms with van der Waals surface area (Å²) in [6.07, 6.45) is 0.874. The van der Waals surface area contributed by atoms with Crippen LogP contribution in [0.4, 0.5) is 5.69 Å². The second-order valence-corrected chi connectivity index (χ2v) is 7.22. The van der Waals surface area contributed by atoms with Crippen molar-refractivity contribution in [2.45, 2.75) is 20.0 Å². The van der Waals surface area contributed by atoms with E-state index in [2.05, 4.69) is 26.6 Å². The Morgan fingerprint density at radius 3 is 2.55 bits per heavy atom. The molecule has 29 heavy (non-hydrogen) atoms. The van der Waals surface area contributed by atoms with E-state index < -0.39 is 0 Å². The molecule has 0 saturated carbocycles. The zero-order valence-electron chi connectivity index (χ0n) is 15.9. The molecule has 0 unspecified atom stereocenters. The minimum Gasteiger partial charge on any atom is -0.486 e. The van der Waals surface area contributed by atoms with E-state index in [4.69, 9.17) is 9.15 Å². The lowest BCUT2D eigenvalue weighted by Crippen LogP contribution is -2.23. The fraction of sp³-hybridized carbons (Fsp3) is 0.182. The van der Waals surface area contributed by atoms with Crippen LogP contribution in [-0.4, -0.2) is 18.4 Å². The van der Waals surface area contributed by atoms with Gasteiger partial charge in [0.25, 0.3) is 11.8 Å². The number of hydrogen-bond acceptors (Lipinski definition) is 4. The zero-order chi connectivity index (χ0) is 20.6. The van der Waals surface area contributed by atoms with E-state index in [1.165, 1.54) is 0 Å². The van der Waals surface area contributed by atoms with Gasteiger partial charge in [-0.2, -0.15) is 0 Å². The van der Waals surface area contributed by atoms with Crippen LogP contribution in [0.25, 0.3) is 0 Å². The summed E-state index contributed by atoms with van der Waals surface area (Å²) in [4.78, 5) is 24.3. The lowest BCUT2D eigenvalue weighted by atomic mass is 10.2. The molecule has 0 aliphatic rings. The third-order valence-electron chi connectivity index (χ3n) is 4.00. The first-order valence-electron chi connectivity index (χ1n) is 9.22. The average molecular weight is 457 g/mol. The van der Waals surface area contributed by atoms with E-state index in [-0.39, 0.29) is 24.2 Å². The third kappa shape index (κ3) is 5.96. The van der Waals surface area contributed by atoms with Crippen molar-refractivity contribution in [1.82, 2.24) is 5.32 Å².